The number of nitrogens with one attached hydrogen (secondary N) is 1. The Kier molecular flexibility index (Phi) is 10.1. The van der Waals surface area contributed by atoms with Gasteiger partial charge in [0.2, 0.25) is 5.91 Å². The van der Waals surface area contributed by atoms with Gasteiger partial charge in [0.1, 0.15) is 6.10 Å². The fraction of sp³-hybridized carbons (Fsp3) is 0.654. The first-order valence-corrected chi connectivity index (χ1v) is 13.0. The molecule has 1 aromatic carbocycles. The van der Waals surface area contributed by atoms with Crippen LogP contribution in [0.5, 0.6) is 0 Å². The Balaban J connectivity index is 1.35. The molecule has 2 fully saturated rings. The van der Waals surface area contributed by atoms with Crippen molar-refractivity contribution in [1.29, 1.82) is 0 Å². The van der Waals surface area contributed by atoms with Crippen LogP contribution in [0.4, 0.5) is 0 Å². The van der Waals surface area contributed by atoms with Gasteiger partial charge in [0.05, 0.1) is 13.2 Å². The number of morpholine rings is 1. The third-order valence-corrected chi connectivity index (χ3v) is 8.25. The number of aliphatic hydroxyl groups is 1. The number of ether oxygens (including phenoxy) is 1. The summed E-state index contributed by atoms with van der Waals surface area (Å²) in [6, 6.07) is 8.52. The van der Waals surface area contributed by atoms with Crippen LogP contribution in [0, 0.1) is 11.3 Å². The number of carbonyl (C=O) groups is 1. The highest BCUT2D eigenvalue weighted by molar-refractivity contribution is 7.97. The van der Waals surface area contributed by atoms with Crippen LogP contribution in [0.2, 0.25) is 0 Å². The second-order valence-corrected chi connectivity index (χ2v) is 10.5. The van der Waals surface area contributed by atoms with Gasteiger partial charge in [-0.3, -0.25) is 4.79 Å². The standard InChI is InChI=1S/C26H40N2O3S/c1-3-5-22-10-13-26(4-2,20-22)14-11-24(29)25(30)27-15-12-21-6-8-23(9-7-21)32-28-16-18-31-19-17-28/h3,6-9,22,24,29H,1,4-5,10-20H2,2H3,(H,27,30). The molecule has 3 rings (SSSR count). The minimum absolute atomic E-state index is 0.239. The van der Waals surface area contributed by atoms with Crippen molar-refractivity contribution in [3.8, 4) is 0 Å². The van der Waals surface area contributed by atoms with E-state index < -0.39 is 6.10 Å². The molecule has 0 aromatic heterocycles. The molecular formula is C26H40N2O3S. The number of hydrogen-bond acceptors (Lipinski definition) is 5. The third kappa shape index (κ3) is 7.62. The van der Waals surface area contributed by atoms with Crippen molar-refractivity contribution < 1.29 is 14.6 Å². The molecule has 5 nitrogen and oxygen atoms in total. The quantitative estimate of drug-likeness (QED) is 0.353. The molecule has 2 aliphatic rings. The molecule has 0 spiro atoms. The van der Waals surface area contributed by atoms with Crippen LogP contribution in [0.1, 0.15) is 57.4 Å². The monoisotopic (exact) mass is 460 g/mol. The first-order valence-electron chi connectivity index (χ1n) is 12.2. The van der Waals surface area contributed by atoms with Crippen LogP contribution in [-0.4, -0.2) is 54.3 Å². The Hall–Kier alpha value is -1.34. The average molecular weight is 461 g/mol. The van der Waals surface area contributed by atoms with E-state index in [1.807, 2.05) is 6.08 Å². The maximum atomic E-state index is 12.4. The minimum Gasteiger partial charge on any atom is -0.383 e. The predicted octanol–water partition coefficient (Wildman–Crippen LogP) is 4.60. The lowest BCUT2D eigenvalue weighted by Gasteiger charge is -2.29. The van der Waals surface area contributed by atoms with Crippen molar-refractivity contribution >= 4 is 17.9 Å². The fourth-order valence-corrected chi connectivity index (χ4v) is 5.90. The summed E-state index contributed by atoms with van der Waals surface area (Å²) in [6.45, 7) is 10.2. The first-order chi connectivity index (χ1) is 15.5. The molecule has 1 aliphatic carbocycles. The van der Waals surface area contributed by atoms with Crippen LogP contribution < -0.4 is 5.32 Å². The van der Waals surface area contributed by atoms with Crippen molar-refractivity contribution in [3.63, 3.8) is 0 Å². The summed E-state index contributed by atoms with van der Waals surface area (Å²) in [5.41, 5.74) is 1.48. The van der Waals surface area contributed by atoms with Gasteiger partial charge >= 0.3 is 0 Å². The molecule has 32 heavy (non-hydrogen) atoms. The number of hydrogen-bond donors (Lipinski definition) is 2. The number of allylic oxidation sites excluding steroid dienone is 1. The summed E-state index contributed by atoms with van der Waals surface area (Å²) >= 11 is 1.77. The van der Waals surface area contributed by atoms with Gasteiger partial charge in [-0.15, -0.1) is 6.58 Å². The van der Waals surface area contributed by atoms with E-state index in [2.05, 4.69) is 47.4 Å². The van der Waals surface area contributed by atoms with E-state index in [9.17, 15) is 9.90 Å². The lowest BCUT2D eigenvalue weighted by molar-refractivity contribution is -0.129. The van der Waals surface area contributed by atoms with Gasteiger partial charge in [0.25, 0.3) is 0 Å². The van der Waals surface area contributed by atoms with E-state index >= 15 is 0 Å². The molecule has 6 heteroatoms. The summed E-state index contributed by atoms with van der Waals surface area (Å²) < 4.78 is 7.72. The zero-order valence-electron chi connectivity index (χ0n) is 19.6. The maximum absolute atomic E-state index is 12.4. The van der Waals surface area contributed by atoms with Crippen molar-refractivity contribution in [2.45, 2.75) is 69.3 Å². The molecule has 1 aliphatic heterocycles. The highest BCUT2D eigenvalue weighted by Crippen LogP contribution is 2.48. The molecule has 1 saturated carbocycles. The molecule has 3 atom stereocenters. The predicted molar refractivity (Wildman–Crippen MR) is 132 cm³/mol. The van der Waals surface area contributed by atoms with Gasteiger partial charge in [-0.1, -0.05) is 31.6 Å². The number of amides is 1. The Bertz CT molecular complexity index is 720. The number of carbonyl (C=O) groups excluding carboxylic acids is 1. The molecule has 1 heterocycles. The Morgan fingerprint density at radius 3 is 2.81 bits per heavy atom. The summed E-state index contributed by atoms with van der Waals surface area (Å²) in [6.07, 6.45) is 9.20. The van der Waals surface area contributed by atoms with E-state index in [4.69, 9.17) is 4.74 Å². The molecular weight excluding hydrogens is 420 g/mol. The SMILES string of the molecule is C=CCC1CCC(CC)(CCC(O)C(=O)NCCc2ccc(SN3CCOCC3)cc2)C1. The Labute approximate surface area is 198 Å². The van der Waals surface area contributed by atoms with Gasteiger partial charge in [-0.25, -0.2) is 4.31 Å². The largest absolute Gasteiger partial charge is 0.383 e. The van der Waals surface area contributed by atoms with Crippen molar-refractivity contribution in [1.82, 2.24) is 9.62 Å². The maximum Gasteiger partial charge on any atom is 0.248 e. The van der Waals surface area contributed by atoms with Crippen molar-refractivity contribution in [2.75, 3.05) is 32.8 Å². The molecule has 3 unspecified atom stereocenters. The van der Waals surface area contributed by atoms with Gasteiger partial charge < -0.3 is 15.2 Å². The van der Waals surface area contributed by atoms with E-state index in [1.165, 1.54) is 29.7 Å². The zero-order chi connectivity index (χ0) is 22.8. The first kappa shape index (κ1) is 25.3. The second-order valence-electron chi connectivity index (χ2n) is 9.36. The minimum atomic E-state index is -0.913. The van der Waals surface area contributed by atoms with Crippen molar-refractivity contribution in [2.24, 2.45) is 11.3 Å². The fourth-order valence-electron chi connectivity index (χ4n) is 5.01. The second kappa shape index (κ2) is 12.8. The number of nitrogens with zero attached hydrogens (tertiary/aromatic N) is 1. The highest BCUT2D eigenvalue weighted by Gasteiger charge is 2.37. The van der Waals surface area contributed by atoms with Gasteiger partial charge in [0.15, 0.2) is 0 Å². The van der Waals surface area contributed by atoms with Crippen LogP contribution in [0.3, 0.4) is 0 Å². The summed E-state index contributed by atoms with van der Waals surface area (Å²) in [5.74, 6) is 0.480. The summed E-state index contributed by atoms with van der Waals surface area (Å²) in [7, 11) is 0. The molecule has 1 saturated heterocycles. The van der Waals surface area contributed by atoms with Gasteiger partial charge in [0, 0.05) is 24.5 Å². The van der Waals surface area contributed by atoms with E-state index in [0.717, 1.165) is 57.9 Å². The van der Waals surface area contributed by atoms with E-state index in [0.29, 0.717) is 13.0 Å². The highest BCUT2D eigenvalue weighted by atomic mass is 32.2. The Morgan fingerprint density at radius 1 is 1.38 bits per heavy atom. The topological polar surface area (TPSA) is 61.8 Å². The zero-order valence-corrected chi connectivity index (χ0v) is 20.4. The van der Waals surface area contributed by atoms with E-state index in [-0.39, 0.29) is 11.3 Å². The smallest absolute Gasteiger partial charge is 0.248 e. The van der Waals surface area contributed by atoms with Crippen LogP contribution >= 0.6 is 11.9 Å². The van der Waals surface area contributed by atoms with Crippen LogP contribution in [0.25, 0.3) is 0 Å². The average Bonchev–Trinajstić information content (AvgIpc) is 3.23. The lowest BCUT2D eigenvalue weighted by atomic mass is 9.77. The molecule has 2 N–H and O–H groups in total. The number of rotatable bonds is 12. The Morgan fingerprint density at radius 2 is 2.12 bits per heavy atom. The van der Waals surface area contributed by atoms with Crippen molar-refractivity contribution in [3.05, 3.63) is 42.5 Å². The van der Waals surface area contributed by atoms with Gasteiger partial charge in [-0.05, 0) is 85.9 Å². The summed E-state index contributed by atoms with van der Waals surface area (Å²) in [4.78, 5) is 13.6. The molecule has 0 bridgehead atoms. The molecule has 1 amide bonds. The molecule has 178 valence electrons. The van der Waals surface area contributed by atoms with E-state index in [1.54, 1.807) is 11.9 Å². The van der Waals surface area contributed by atoms with Gasteiger partial charge in [-0.2, -0.15) is 0 Å². The molecule has 1 aromatic rings. The molecule has 0 radical (unpaired) electrons. The number of benzene rings is 1. The van der Waals surface area contributed by atoms with Crippen LogP contribution in [0.15, 0.2) is 41.8 Å². The normalized spacial score (nSPS) is 24.9. The lowest BCUT2D eigenvalue weighted by Crippen LogP contribution is -2.36. The third-order valence-electron chi connectivity index (χ3n) is 7.15. The van der Waals surface area contributed by atoms with Crippen LogP contribution in [-0.2, 0) is 16.0 Å². The number of aliphatic hydroxyl groups excluding tert-OH is 1. The summed E-state index contributed by atoms with van der Waals surface area (Å²) in [5, 5.41) is 13.3.